The first-order chi connectivity index (χ1) is 37.1. The number of β-lactam (4-membered cyclic amide) rings is 2. The van der Waals surface area contributed by atoms with Crippen molar-refractivity contribution in [1.29, 1.82) is 0 Å². The number of carbonyl (C=O) groups is 6. The number of esters is 3. The van der Waals surface area contributed by atoms with Crippen LogP contribution in [0.2, 0.25) is 0 Å². The van der Waals surface area contributed by atoms with Crippen molar-refractivity contribution >= 4 is 103 Å². The lowest BCUT2D eigenvalue weighted by Gasteiger charge is -2.51. The Kier molecular flexibility index (Phi) is 14.1. The SMILES string of the molecule is CC(=O)OC(c1nn(C)c2c1C1CCC2(C)C1(C)C)C1(Br)C(=O)N2C(C(=O)OCc3ccc([N+](=O)[O-])cc3)=CS[C@@H]21.Cn1nc(C=O)c2c1C1(C)CCC2C1(C)C.O=C(OCc1ccc([N+](=O)[O-])cc1)C1=CS[C@@H]2[C@@H](Br)C(=O)N12. The Morgan fingerprint density at radius 3 is 1.72 bits per heavy atom. The van der Waals surface area contributed by atoms with Crippen molar-refractivity contribution in [2.24, 2.45) is 24.9 Å². The molecular formula is C54H56Br2N8O13S2. The quantitative estimate of drug-likeness (QED) is 0.0243. The number of hydrogen-bond acceptors (Lipinski definition) is 17. The molecule has 6 heterocycles. The lowest BCUT2D eigenvalue weighted by molar-refractivity contribution is -0.385. The van der Waals surface area contributed by atoms with Crippen molar-refractivity contribution in [2.45, 2.75) is 136 Å². The van der Waals surface area contributed by atoms with Crippen LogP contribution in [0.15, 0.2) is 70.7 Å². The number of aldehydes is 1. The number of amides is 2. The molecule has 4 fully saturated rings. The van der Waals surface area contributed by atoms with Crippen LogP contribution in [0.5, 0.6) is 0 Å². The maximum absolute atomic E-state index is 13.8. The third kappa shape index (κ3) is 8.43. The van der Waals surface area contributed by atoms with Gasteiger partial charge < -0.3 is 14.2 Å². The van der Waals surface area contributed by atoms with E-state index in [0.717, 1.165) is 30.4 Å². The zero-order valence-electron chi connectivity index (χ0n) is 44.5. The van der Waals surface area contributed by atoms with Crippen molar-refractivity contribution in [2.75, 3.05) is 0 Å². The van der Waals surface area contributed by atoms with Gasteiger partial charge in [-0.2, -0.15) is 10.2 Å². The van der Waals surface area contributed by atoms with Gasteiger partial charge in [0, 0.05) is 89.4 Å². The number of alkyl halides is 2. The summed E-state index contributed by atoms with van der Waals surface area (Å²) in [4.78, 5) is 96.9. The van der Waals surface area contributed by atoms with E-state index in [2.05, 4.69) is 78.5 Å². The van der Waals surface area contributed by atoms with E-state index in [-0.39, 0.29) is 79.7 Å². The summed E-state index contributed by atoms with van der Waals surface area (Å²) in [5, 5.41) is 33.2. The molecule has 4 bridgehead atoms. The van der Waals surface area contributed by atoms with E-state index < -0.39 is 49.5 Å². The standard InChI is InChI=1S/C28H29BrN4O7S.C13H9BrN2O5S.C13H18N2O/c1-14(34)40-22(20-19-17-10-11-27(4,26(17,2)3)21(19)31(5)30-20)28(29)24(36)32-18(13-41-25(28)32)23(35)39-12-15-6-8-16(9-7-15)33(37)38;14-10-11(17)15-9(6-22-12(10)15)13(18)21-5-7-1-3-8(4-2-7)16(19)20;1-12(2)8-5-6-13(12,3)11-10(8)9(7-16)14-15(11)4/h6-9,13,17,22,25H,10-12H2,1-5H3;1-4,6,10,12H,5H2;7-8H,5-6H2,1-4H3/t17?,22?,25-,27?,28?;10-,12+;/m10./s1. The number of nitrogens with zero attached hydrogens (tertiary/aromatic N) is 8. The van der Waals surface area contributed by atoms with Crippen LogP contribution >= 0.6 is 55.4 Å². The fraction of sp³-hybridized carbons (Fsp3) is 0.481. The summed E-state index contributed by atoms with van der Waals surface area (Å²) in [7, 11) is 3.86. The maximum Gasteiger partial charge on any atom is 0.355 e. The molecule has 2 amide bonds. The number of aromatic nitrogens is 4. The number of aryl methyl sites for hydroxylation is 2. The van der Waals surface area contributed by atoms with Gasteiger partial charge in [-0.05, 0) is 83.7 Å². The second-order valence-corrected chi connectivity index (χ2v) is 26.8. The molecule has 12 rings (SSSR count). The molecule has 0 spiro atoms. The Labute approximate surface area is 479 Å². The fourth-order valence-electron chi connectivity index (χ4n) is 13.3. The summed E-state index contributed by atoms with van der Waals surface area (Å²) in [5.74, 6) is -1.67. The van der Waals surface area contributed by atoms with Crippen LogP contribution in [-0.2, 0) is 76.3 Å². The highest BCUT2D eigenvalue weighted by molar-refractivity contribution is 9.10. The monoisotopic (exact) mass is 1250 g/mol. The predicted molar refractivity (Wildman–Crippen MR) is 295 cm³/mol. The van der Waals surface area contributed by atoms with E-state index in [0.29, 0.717) is 28.4 Å². The van der Waals surface area contributed by atoms with Crippen LogP contribution in [0.3, 0.4) is 0 Å². The van der Waals surface area contributed by atoms with Crippen LogP contribution < -0.4 is 0 Å². The van der Waals surface area contributed by atoms with Crippen molar-refractivity contribution < 1.29 is 52.8 Å². The summed E-state index contributed by atoms with van der Waals surface area (Å²) < 4.78 is 18.9. The number of halogens is 2. The van der Waals surface area contributed by atoms with Gasteiger partial charge in [0.15, 0.2) is 16.7 Å². The minimum Gasteiger partial charge on any atom is -0.456 e. The van der Waals surface area contributed by atoms with Gasteiger partial charge in [0.1, 0.15) is 51.6 Å². The third-order valence-electron chi connectivity index (χ3n) is 18.2. The molecule has 6 unspecified atom stereocenters. The Morgan fingerprint density at radius 2 is 1.23 bits per heavy atom. The number of rotatable bonds is 12. The predicted octanol–water partition coefficient (Wildman–Crippen LogP) is 9.31. The van der Waals surface area contributed by atoms with E-state index >= 15 is 0 Å². The Hall–Kier alpha value is -6.18. The molecule has 4 aliphatic carbocycles. The highest BCUT2D eigenvalue weighted by Crippen LogP contribution is 2.70. The Balaban J connectivity index is 0.000000153. The van der Waals surface area contributed by atoms with E-state index in [1.54, 1.807) is 10.8 Å². The van der Waals surface area contributed by atoms with Crippen molar-refractivity contribution in [3.05, 3.63) is 136 Å². The van der Waals surface area contributed by atoms with Crippen molar-refractivity contribution in [3.8, 4) is 0 Å². The normalized spacial score (nSPS) is 28.5. The molecular weight excluding hydrogens is 1190 g/mol. The first-order valence-electron chi connectivity index (χ1n) is 25.4. The van der Waals surface area contributed by atoms with Crippen molar-refractivity contribution in [3.63, 3.8) is 0 Å². The maximum atomic E-state index is 13.8. The zero-order valence-corrected chi connectivity index (χ0v) is 49.3. The number of hydrogen-bond donors (Lipinski definition) is 0. The Morgan fingerprint density at radius 1 is 0.759 bits per heavy atom. The largest absolute Gasteiger partial charge is 0.456 e. The van der Waals surface area contributed by atoms with E-state index in [4.69, 9.17) is 19.3 Å². The zero-order chi connectivity index (χ0) is 57.2. The smallest absolute Gasteiger partial charge is 0.355 e. The second kappa shape index (κ2) is 19.8. The number of non-ortho nitro benzene ring substituents is 2. The highest BCUT2D eigenvalue weighted by atomic mass is 79.9. The minimum atomic E-state index is -1.34. The first-order valence-corrected chi connectivity index (χ1v) is 29.0. The molecule has 9 atom stereocenters. The lowest BCUT2D eigenvalue weighted by Crippen LogP contribution is -2.70. The molecule has 0 N–H and O–H groups in total. The van der Waals surface area contributed by atoms with Crippen LogP contribution in [-0.4, -0.2) is 95.1 Å². The van der Waals surface area contributed by atoms with Gasteiger partial charge in [-0.1, -0.05) is 73.4 Å². The number of carbonyl (C=O) groups excluding carboxylic acids is 6. The summed E-state index contributed by atoms with van der Waals surface area (Å²) in [6, 6.07) is 11.4. The van der Waals surface area contributed by atoms with Gasteiger partial charge in [0.25, 0.3) is 17.3 Å². The van der Waals surface area contributed by atoms with Gasteiger partial charge in [-0.25, -0.2) is 9.59 Å². The number of nitro groups is 2. The van der Waals surface area contributed by atoms with E-state index in [1.165, 1.54) is 113 Å². The average molecular weight is 1250 g/mol. The summed E-state index contributed by atoms with van der Waals surface area (Å²) in [6.07, 6.45) is 4.35. The molecule has 2 saturated carbocycles. The molecule has 2 aromatic carbocycles. The topological polar surface area (TPSA) is 259 Å². The second-order valence-electron chi connectivity index (χ2n) is 22.5. The summed E-state index contributed by atoms with van der Waals surface area (Å²) in [6.45, 7) is 15.0. The Bertz CT molecular complexity index is 3380. The van der Waals surface area contributed by atoms with Crippen LogP contribution in [0.25, 0.3) is 0 Å². The number of ether oxygens (including phenoxy) is 3. The molecule has 416 valence electrons. The summed E-state index contributed by atoms with van der Waals surface area (Å²) in [5.41, 5.74) is 7.74. The van der Waals surface area contributed by atoms with Gasteiger partial charge in [0.05, 0.1) is 9.85 Å². The number of thioether (sulfide) groups is 2. The molecule has 4 aliphatic heterocycles. The van der Waals surface area contributed by atoms with Gasteiger partial charge >= 0.3 is 17.9 Å². The van der Waals surface area contributed by atoms with Crippen LogP contribution in [0.4, 0.5) is 11.4 Å². The van der Waals surface area contributed by atoms with Crippen LogP contribution in [0.1, 0.15) is 142 Å². The van der Waals surface area contributed by atoms with E-state index in [9.17, 15) is 49.0 Å². The molecule has 4 aromatic rings. The van der Waals surface area contributed by atoms with Crippen LogP contribution in [0, 0.1) is 31.1 Å². The van der Waals surface area contributed by atoms with Crippen molar-refractivity contribution in [1.82, 2.24) is 29.4 Å². The number of nitro benzene ring substituents is 2. The minimum absolute atomic E-state index is 0.0106. The van der Waals surface area contributed by atoms with Gasteiger partial charge in [-0.15, -0.1) is 23.5 Å². The number of fused-ring (bicyclic) bond motifs is 12. The first kappa shape index (κ1) is 56.1. The molecule has 2 saturated heterocycles. The lowest BCUT2D eigenvalue weighted by atomic mass is 9.70. The fourth-order valence-corrected chi connectivity index (χ4v) is 17.4. The molecule has 79 heavy (non-hydrogen) atoms. The molecule has 8 aliphatic rings. The molecule has 21 nitrogen and oxygen atoms in total. The van der Waals surface area contributed by atoms with Gasteiger partial charge in [0.2, 0.25) is 5.91 Å². The molecule has 0 radical (unpaired) electrons. The summed E-state index contributed by atoms with van der Waals surface area (Å²) >= 11 is 9.58. The number of benzene rings is 2. The molecule has 25 heteroatoms. The third-order valence-corrected chi connectivity index (χ3v) is 23.2. The molecule has 2 aromatic heterocycles. The van der Waals surface area contributed by atoms with Gasteiger partial charge in [-0.3, -0.25) is 58.6 Å². The van der Waals surface area contributed by atoms with E-state index in [1.807, 2.05) is 23.5 Å². The average Bonchev–Trinajstić information content (AvgIpc) is 3.85. The highest BCUT2D eigenvalue weighted by Gasteiger charge is 2.71.